The number of amides is 1. The maximum Gasteiger partial charge on any atom is 0.471 e. The summed E-state index contributed by atoms with van der Waals surface area (Å²) in [5.41, 5.74) is -0.489. The molecule has 0 saturated carbocycles. The van der Waals surface area contributed by atoms with Crippen molar-refractivity contribution in [2.45, 2.75) is 31.6 Å². The van der Waals surface area contributed by atoms with Crippen LogP contribution >= 0.6 is 0 Å². The second kappa shape index (κ2) is 6.54. The molecule has 2 heterocycles. The van der Waals surface area contributed by atoms with E-state index in [4.69, 9.17) is 0 Å². The normalized spacial score (nSPS) is 14.8. The number of rotatable bonds is 4. The highest BCUT2D eigenvalue weighted by Gasteiger charge is 2.38. The Morgan fingerprint density at radius 1 is 1.36 bits per heavy atom. The number of carbonyl (C=O) groups excluding carboxylic acids is 1. The van der Waals surface area contributed by atoms with E-state index < -0.39 is 17.6 Å². The zero-order chi connectivity index (χ0) is 18.0. The molecule has 0 spiro atoms. The molecule has 10 heteroatoms. The van der Waals surface area contributed by atoms with E-state index in [0.29, 0.717) is 0 Å². The summed E-state index contributed by atoms with van der Waals surface area (Å²) in [5.74, 6) is -2.16. The van der Waals surface area contributed by atoms with Crippen LogP contribution in [-0.2, 0) is 17.5 Å². The fraction of sp³-hybridized carbons (Fsp3) is 0.333. The highest BCUT2D eigenvalue weighted by atomic mass is 19.4. The third-order valence-corrected chi connectivity index (χ3v) is 3.61. The lowest BCUT2D eigenvalue weighted by Gasteiger charge is -2.12. The van der Waals surface area contributed by atoms with Gasteiger partial charge in [-0.1, -0.05) is 17.3 Å². The molecular weight excluding hydrogens is 341 g/mol. The fourth-order valence-corrected chi connectivity index (χ4v) is 2.40. The minimum Gasteiger partial charge on any atom is -0.351 e. The minimum absolute atomic E-state index is 0.0302. The lowest BCUT2D eigenvalue weighted by Crippen LogP contribution is -2.37. The average molecular weight is 354 g/mol. The van der Waals surface area contributed by atoms with Crippen LogP contribution in [0.3, 0.4) is 0 Å². The summed E-state index contributed by atoms with van der Waals surface area (Å²) in [5, 5.41) is 6.01. The summed E-state index contributed by atoms with van der Waals surface area (Å²) in [4.78, 5) is 27.2. The number of halogens is 3. The zero-order valence-electron chi connectivity index (χ0n) is 12.8. The van der Waals surface area contributed by atoms with Crippen molar-refractivity contribution >= 4 is 5.91 Å². The van der Waals surface area contributed by atoms with Crippen LogP contribution < -0.4 is 10.9 Å². The van der Waals surface area contributed by atoms with Crippen LogP contribution in [0.1, 0.15) is 18.7 Å². The van der Waals surface area contributed by atoms with Gasteiger partial charge in [-0.3, -0.25) is 9.59 Å². The topological polar surface area (TPSA) is 90.0 Å². The van der Waals surface area contributed by atoms with Gasteiger partial charge in [0, 0.05) is 23.9 Å². The predicted molar refractivity (Wildman–Crippen MR) is 79.3 cm³/mol. The molecule has 0 radical (unpaired) electrons. The van der Waals surface area contributed by atoms with Crippen LogP contribution in [-0.4, -0.2) is 26.7 Å². The summed E-state index contributed by atoms with van der Waals surface area (Å²) in [6, 6.07) is 2.43. The van der Waals surface area contributed by atoms with Crippen LogP contribution in [0.2, 0.25) is 0 Å². The molecule has 2 aromatic heterocycles. The number of alkyl halides is 3. The van der Waals surface area contributed by atoms with E-state index in [0.717, 1.165) is 23.5 Å². The van der Waals surface area contributed by atoms with Gasteiger partial charge in [-0.15, -0.1) is 0 Å². The fourth-order valence-electron chi connectivity index (χ4n) is 2.40. The summed E-state index contributed by atoms with van der Waals surface area (Å²) in [7, 11) is 0. The van der Waals surface area contributed by atoms with E-state index in [1.54, 1.807) is 0 Å². The number of hydrogen-bond acceptors (Lipinski definition) is 5. The standard InChI is InChI=1S/C15H13F3N4O3/c16-15(17,18)14-20-13(21-25-14)9-5-6-22(12(24)7-9)8-11(23)19-10-3-1-2-4-10/h1-2,5-7,10H,3-4,8H2,(H,19,23). The molecular formula is C15H13F3N4O3. The van der Waals surface area contributed by atoms with Gasteiger partial charge in [0.2, 0.25) is 11.7 Å². The van der Waals surface area contributed by atoms with E-state index >= 15 is 0 Å². The van der Waals surface area contributed by atoms with Gasteiger partial charge in [-0.25, -0.2) is 0 Å². The SMILES string of the molecule is O=C(Cn1ccc(-c2noc(C(F)(F)F)n2)cc1=O)NC1CC=CC1. The Balaban J connectivity index is 1.71. The Morgan fingerprint density at radius 3 is 2.68 bits per heavy atom. The van der Waals surface area contributed by atoms with Crippen molar-refractivity contribution in [3.05, 3.63) is 46.7 Å². The molecule has 0 bridgehead atoms. The van der Waals surface area contributed by atoms with E-state index in [1.165, 1.54) is 12.3 Å². The quantitative estimate of drug-likeness (QED) is 0.845. The maximum atomic E-state index is 12.5. The van der Waals surface area contributed by atoms with Crippen LogP contribution in [0.5, 0.6) is 0 Å². The first-order valence-electron chi connectivity index (χ1n) is 7.39. The Kier molecular flexibility index (Phi) is 4.43. The third-order valence-electron chi connectivity index (χ3n) is 3.61. The largest absolute Gasteiger partial charge is 0.471 e. The van der Waals surface area contributed by atoms with Crippen molar-refractivity contribution in [2.75, 3.05) is 0 Å². The summed E-state index contributed by atoms with van der Waals surface area (Å²) in [6.07, 6.45) is 1.97. The average Bonchev–Trinajstić information content (AvgIpc) is 3.19. The van der Waals surface area contributed by atoms with E-state index in [9.17, 15) is 22.8 Å². The molecule has 2 aromatic rings. The van der Waals surface area contributed by atoms with Crippen LogP contribution in [0.4, 0.5) is 13.2 Å². The molecule has 0 unspecified atom stereocenters. The van der Waals surface area contributed by atoms with Crippen molar-refractivity contribution in [1.82, 2.24) is 20.0 Å². The third kappa shape index (κ3) is 3.95. The van der Waals surface area contributed by atoms with Crippen LogP contribution in [0.25, 0.3) is 11.4 Å². The first-order valence-corrected chi connectivity index (χ1v) is 7.39. The van der Waals surface area contributed by atoms with Crippen molar-refractivity contribution in [3.8, 4) is 11.4 Å². The van der Waals surface area contributed by atoms with E-state index in [2.05, 4.69) is 20.0 Å². The van der Waals surface area contributed by atoms with Gasteiger partial charge >= 0.3 is 12.1 Å². The van der Waals surface area contributed by atoms with Gasteiger partial charge in [-0.05, 0) is 18.9 Å². The Bertz CT molecular complexity index is 861. The molecule has 132 valence electrons. The summed E-state index contributed by atoms with van der Waals surface area (Å²) < 4.78 is 42.7. The highest BCUT2D eigenvalue weighted by Crippen LogP contribution is 2.28. The molecule has 0 atom stereocenters. The van der Waals surface area contributed by atoms with Gasteiger partial charge in [0.1, 0.15) is 6.54 Å². The lowest BCUT2D eigenvalue weighted by atomic mass is 10.2. The number of aromatic nitrogens is 3. The molecule has 1 amide bonds. The van der Waals surface area contributed by atoms with Gasteiger partial charge in [-0.2, -0.15) is 18.2 Å². The van der Waals surface area contributed by atoms with Crippen molar-refractivity contribution in [2.24, 2.45) is 0 Å². The van der Waals surface area contributed by atoms with Crippen LogP contribution in [0.15, 0.2) is 39.8 Å². The number of nitrogens with one attached hydrogen (secondary N) is 1. The molecule has 7 nitrogen and oxygen atoms in total. The molecule has 0 fully saturated rings. The van der Waals surface area contributed by atoms with Crippen LogP contribution in [0, 0.1) is 0 Å². The Morgan fingerprint density at radius 2 is 2.08 bits per heavy atom. The summed E-state index contributed by atoms with van der Waals surface area (Å²) >= 11 is 0. The number of nitrogens with zero attached hydrogens (tertiary/aromatic N) is 3. The number of pyridine rings is 1. The molecule has 25 heavy (non-hydrogen) atoms. The lowest BCUT2D eigenvalue weighted by molar-refractivity contribution is -0.159. The van der Waals surface area contributed by atoms with Crippen molar-refractivity contribution < 1.29 is 22.5 Å². The molecule has 1 aliphatic carbocycles. The second-order valence-corrected chi connectivity index (χ2v) is 5.51. The molecule has 1 N–H and O–H groups in total. The zero-order valence-corrected chi connectivity index (χ0v) is 12.8. The Labute approximate surface area is 139 Å². The molecule has 0 saturated heterocycles. The molecule has 1 aliphatic rings. The van der Waals surface area contributed by atoms with Crippen molar-refractivity contribution in [3.63, 3.8) is 0 Å². The Hall–Kier alpha value is -2.91. The number of hydrogen-bond donors (Lipinski definition) is 1. The van der Waals surface area contributed by atoms with E-state index in [1.807, 2.05) is 12.2 Å². The maximum absolute atomic E-state index is 12.5. The van der Waals surface area contributed by atoms with Gasteiger partial charge in [0.05, 0.1) is 0 Å². The first kappa shape index (κ1) is 16.9. The number of carbonyl (C=O) groups is 1. The van der Waals surface area contributed by atoms with Gasteiger partial charge < -0.3 is 14.4 Å². The monoisotopic (exact) mass is 354 g/mol. The first-order chi connectivity index (χ1) is 11.8. The smallest absolute Gasteiger partial charge is 0.351 e. The minimum atomic E-state index is -4.76. The van der Waals surface area contributed by atoms with Gasteiger partial charge in [0.15, 0.2) is 0 Å². The summed E-state index contributed by atoms with van der Waals surface area (Å²) in [6.45, 7) is -0.185. The molecule has 0 aliphatic heterocycles. The molecule has 0 aromatic carbocycles. The molecule has 3 rings (SSSR count). The van der Waals surface area contributed by atoms with E-state index in [-0.39, 0.29) is 29.9 Å². The highest BCUT2D eigenvalue weighted by molar-refractivity contribution is 5.76. The second-order valence-electron chi connectivity index (χ2n) is 5.51. The van der Waals surface area contributed by atoms with Gasteiger partial charge in [0.25, 0.3) is 5.56 Å². The predicted octanol–water partition coefficient (Wildman–Crippen LogP) is 1.75. The van der Waals surface area contributed by atoms with Crippen molar-refractivity contribution in [1.29, 1.82) is 0 Å².